The van der Waals surface area contributed by atoms with Crippen LogP contribution in [-0.2, 0) is 11.2 Å². The molecule has 0 fully saturated rings. The van der Waals surface area contributed by atoms with Gasteiger partial charge in [0.2, 0.25) is 0 Å². The second-order valence-electron chi connectivity index (χ2n) is 2.77. The molecule has 14 heavy (non-hydrogen) atoms. The maximum atomic E-state index is 13.3. The molecule has 0 radical (unpaired) electrons. The van der Waals surface area contributed by atoms with Crippen molar-refractivity contribution in [2.45, 2.75) is 13.3 Å². The van der Waals surface area contributed by atoms with Crippen molar-refractivity contribution < 1.29 is 9.13 Å². The zero-order chi connectivity index (χ0) is 10.6. The fourth-order valence-electron chi connectivity index (χ4n) is 1.06. The maximum Gasteiger partial charge on any atom is 0.184 e. The molecule has 2 nitrogen and oxygen atoms in total. The van der Waals surface area contributed by atoms with Crippen LogP contribution in [-0.4, -0.2) is 12.5 Å². The standard InChI is InChI=1S/C10H11BrFNO/c1-2-14-10(13)5-7-3-4-8(11)6-9(7)12/h3-4,6,13H,2,5H2,1H3. The first-order chi connectivity index (χ1) is 6.63. The Labute approximate surface area is 90.7 Å². The van der Waals surface area contributed by atoms with Gasteiger partial charge in [-0.2, -0.15) is 0 Å². The highest BCUT2D eigenvalue weighted by molar-refractivity contribution is 9.10. The van der Waals surface area contributed by atoms with E-state index in [1.165, 1.54) is 6.07 Å². The van der Waals surface area contributed by atoms with Gasteiger partial charge in [-0.1, -0.05) is 22.0 Å². The average Bonchev–Trinajstić information content (AvgIpc) is 2.10. The lowest BCUT2D eigenvalue weighted by atomic mass is 10.1. The van der Waals surface area contributed by atoms with E-state index >= 15 is 0 Å². The summed E-state index contributed by atoms with van der Waals surface area (Å²) >= 11 is 3.17. The summed E-state index contributed by atoms with van der Waals surface area (Å²) < 4.78 is 18.9. The number of nitrogens with one attached hydrogen (secondary N) is 1. The fourth-order valence-corrected chi connectivity index (χ4v) is 1.40. The molecule has 76 valence electrons. The molecule has 0 heterocycles. The number of hydrogen-bond acceptors (Lipinski definition) is 2. The molecule has 1 N–H and O–H groups in total. The summed E-state index contributed by atoms with van der Waals surface area (Å²) in [5.41, 5.74) is 0.478. The molecule has 0 saturated heterocycles. The van der Waals surface area contributed by atoms with Crippen molar-refractivity contribution in [3.63, 3.8) is 0 Å². The Kier molecular flexibility index (Phi) is 4.07. The molecule has 1 rings (SSSR count). The van der Waals surface area contributed by atoms with Crippen molar-refractivity contribution in [2.24, 2.45) is 0 Å². The van der Waals surface area contributed by atoms with Crippen LogP contribution in [0.15, 0.2) is 22.7 Å². The molecule has 0 amide bonds. The molecule has 0 spiro atoms. The van der Waals surface area contributed by atoms with E-state index in [1.54, 1.807) is 19.1 Å². The van der Waals surface area contributed by atoms with Crippen LogP contribution in [0, 0.1) is 11.2 Å². The van der Waals surface area contributed by atoms with Crippen LogP contribution in [0.2, 0.25) is 0 Å². The lowest BCUT2D eigenvalue weighted by Gasteiger charge is -2.05. The second kappa shape index (κ2) is 5.10. The van der Waals surface area contributed by atoms with Gasteiger partial charge in [-0.05, 0) is 24.6 Å². The van der Waals surface area contributed by atoms with Gasteiger partial charge >= 0.3 is 0 Å². The molecule has 0 aliphatic carbocycles. The first kappa shape index (κ1) is 11.2. The Hall–Kier alpha value is -0.900. The molecule has 1 aromatic carbocycles. The molecule has 0 aliphatic rings. The van der Waals surface area contributed by atoms with E-state index in [1.807, 2.05) is 0 Å². The van der Waals surface area contributed by atoms with Gasteiger partial charge in [-0.3, -0.25) is 5.41 Å². The minimum absolute atomic E-state index is 0.0914. The lowest BCUT2D eigenvalue weighted by Crippen LogP contribution is -2.07. The lowest BCUT2D eigenvalue weighted by molar-refractivity contribution is 0.316. The van der Waals surface area contributed by atoms with Crippen molar-refractivity contribution in [2.75, 3.05) is 6.61 Å². The van der Waals surface area contributed by atoms with Gasteiger partial charge in [0.25, 0.3) is 0 Å². The number of ether oxygens (including phenoxy) is 1. The highest BCUT2D eigenvalue weighted by Crippen LogP contribution is 2.15. The maximum absolute atomic E-state index is 13.3. The Morgan fingerprint density at radius 3 is 2.86 bits per heavy atom. The van der Waals surface area contributed by atoms with Crippen LogP contribution in [0.25, 0.3) is 0 Å². The van der Waals surface area contributed by atoms with Crippen LogP contribution in [0.3, 0.4) is 0 Å². The topological polar surface area (TPSA) is 33.1 Å². The Morgan fingerprint density at radius 1 is 1.57 bits per heavy atom. The summed E-state index contributed by atoms with van der Waals surface area (Å²) in [5.74, 6) is -0.224. The van der Waals surface area contributed by atoms with E-state index in [2.05, 4.69) is 15.9 Å². The van der Waals surface area contributed by atoms with Crippen molar-refractivity contribution in [3.05, 3.63) is 34.1 Å². The van der Waals surface area contributed by atoms with Crippen molar-refractivity contribution >= 4 is 21.8 Å². The predicted molar refractivity (Wildman–Crippen MR) is 57.2 cm³/mol. The Morgan fingerprint density at radius 2 is 2.29 bits per heavy atom. The van der Waals surface area contributed by atoms with E-state index in [0.717, 1.165) is 0 Å². The number of halogens is 2. The smallest absolute Gasteiger partial charge is 0.184 e. The molecule has 0 bridgehead atoms. The van der Waals surface area contributed by atoms with E-state index in [9.17, 15) is 4.39 Å². The summed E-state index contributed by atoms with van der Waals surface area (Å²) in [6, 6.07) is 4.78. The van der Waals surface area contributed by atoms with Gasteiger partial charge in [0.05, 0.1) is 13.0 Å². The normalized spacial score (nSPS) is 9.93. The molecular formula is C10H11BrFNO. The van der Waals surface area contributed by atoms with Gasteiger partial charge in [-0.15, -0.1) is 0 Å². The van der Waals surface area contributed by atoms with Crippen LogP contribution in [0.1, 0.15) is 12.5 Å². The van der Waals surface area contributed by atoms with Gasteiger partial charge in [0.15, 0.2) is 5.90 Å². The van der Waals surface area contributed by atoms with Crippen LogP contribution < -0.4 is 0 Å². The largest absolute Gasteiger partial charge is 0.481 e. The Balaban J connectivity index is 2.72. The molecule has 0 saturated carbocycles. The first-order valence-corrected chi connectivity index (χ1v) is 5.07. The third-order valence-electron chi connectivity index (χ3n) is 1.68. The van der Waals surface area contributed by atoms with Crippen molar-refractivity contribution in [1.29, 1.82) is 5.41 Å². The zero-order valence-corrected chi connectivity index (χ0v) is 9.40. The van der Waals surface area contributed by atoms with E-state index < -0.39 is 0 Å². The molecular weight excluding hydrogens is 249 g/mol. The third kappa shape index (κ3) is 3.10. The number of rotatable bonds is 3. The summed E-state index contributed by atoms with van der Waals surface area (Å²) in [6.07, 6.45) is 0.201. The van der Waals surface area contributed by atoms with E-state index in [0.29, 0.717) is 16.6 Å². The third-order valence-corrected chi connectivity index (χ3v) is 2.18. The number of hydrogen-bond donors (Lipinski definition) is 1. The molecule has 0 aliphatic heterocycles. The van der Waals surface area contributed by atoms with E-state index in [4.69, 9.17) is 10.1 Å². The molecule has 0 unspecified atom stereocenters. The van der Waals surface area contributed by atoms with Crippen LogP contribution >= 0.6 is 15.9 Å². The van der Waals surface area contributed by atoms with Gasteiger partial charge in [0.1, 0.15) is 5.82 Å². The second-order valence-corrected chi connectivity index (χ2v) is 3.68. The zero-order valence-electron chi connectivity index (χ0n) is 7.81. The number of benzene rings is 1. The quantitative estimate of drug-likeness (QED) is 0.657. The Bertz CT molecular complexity index is 341. The molecule has 1 aromatic rings. The summed E-state index contributed by atoms with van der Waals surface area (Å²) in [7, 11) is 0. The molecule has 0 aromatic heterocycles. The summed E-state index contributed by atoms with van der Waals surface area (Å²) in [6.45, 7) is 2.24. The van der Waals surface area contributed by atoms with Gasteiger partial charge < -0.3 is 4.74 Å². The van der Waals surface area contributed by atoms with Crippen molar-refractivity contribution in [3.8, 4) is 0 Å². The minimum Gasteiger partial charge on any atom is -0.481 e. The SMILES string of the molecule is CCOC(=N)Cc1ccc(Br)cc1F. The molecule has 0 atom stereocenters. The monoisotopic (exact) mass is 259 g/mol. The van der Waals surface area contributed by atoms with Crippen molar-refractivity contribution in [1.82, 2.24) is 0 Å². The van der Waals surface area contributed by atoms with E-state index in [-0.39, 0.29) is 18.1 Å². The molecule has 4 heteroatoms. The first-order valence-electron chi connectivity index (χ1n) is 4.27. The van der Waals surface area contributed by atoms with Gasteiger partial charge in [0, 0.05) is 4.47 Å². The highest BCUT2D eigenvalue weighted by atomic mass is 79.9. The van der Waals surface area contributed by atoms with Crippen LogP contribution in [0.4, 0.5) is 4.39 Å². The summed E-state index contributed by atoms with van der Waals surface area (Å²) in [4.78, 5) is 0. The van der Waals surface area contributed by atoms with Crippen LogP contribution in [0.5, 0.6) is 0 Å². The average molecular weight is 260 g/mol. The fraction of sp³-hybridized carbons (Fsp3) is 0.300. The summed E-state index contributed by atoms with van der Waals surface area (Å²) in [5, 5.41) is 7.38. The highest BCUT2D eigenvalue weighted by Gasteiger charge is 2.06. The minimum atomic E-state index is -0.316. The predicted octanol–water partition coefficient (Wildman–Crippen LogP) is 3.14. The van der Waals surface area contributed by atoms with Gasteiger partial charge in [-0.25, -0.2) is 4.39 Å².